The molecule has 0 bridgehead atoms. The Morgan fingerprint density at radius 3 is 2.05 bits per heavy atom. The summed E-state index contributed by atoms with van der Waals surface area (Å²) in [6.07, 6.45) is 0. The van der Waals surface area contributed by atoms with Crippen LogP contribution in [-0.2, 0) is 0 Å². The molecule has 0 radical (unpaired) electrons. The maximum Gasteiger partial charge on any atom is 0.143 e. The van der Waals surface area contributed by atoms with E-state index >= 15 is 0 Å². The van der Waals surface area contributed by atoms with Crippen molar-refractivity contribution in [2.45, 2.75) is 0 Å². The molecule has 9 aromatic rings. The average molecular weight is 556 g/mol. The molecule has 0 N–H and O–H groups in total. The van der Waals surface area contributed by atoms with Crippen molar-refractivity contribution in [1.29, 1.82) is 0 Å². The molecule has 2 heterocycles. The van der Waals surface area contributed by atoms with Crippen molar-refractivity contribution in [3.63, 3.8) is 0 Å². The molecule has 3 heteroatoms. The number of furan rings is 2. The van der Waals surface area contributed by atoms with Crippen LogP contribution >= 0.6 is 0 Å². The Labute approximate surface area is 253 Å². The highest BCUT2D eigenvalue weighted by molar-refractivity contribution is 6.19. The zero-order valence-electron chi connectivity index (χ0n) is 26.9. The number of para-hydroxylation sites is 3. The lowest BCUT2D eigenvalue weighted by Gasteiger charge is -2.26. The summed E-state index contributed by atoms with van der Waals surface area (Å²) in [5, 5.41) is 5.57. The molecule has 0 aliphatic carbocycles. The van der Waals surface area contributed by atoms with Crippen LogP contribution in [0.25, 0.3) is 65.8 Å². The van der Waals surface area contributed by atoms with Crippen LogP contribution in [0.1, 0.15) is 5.48 Å². The van der Waals surface area contributed by atoms with E-state index in [-0.39, 0.29) is 35.4 Å². The normalized spacial score (nSPS) is 13.0. The first-order chi connectivity index (χ1) is 23.0. The third-order valence-electron chi connectivity index (χ3n) is 8.13. The van der Waals surface area contributed by atoms with Gasteiger partial charge in [-0.05, 0) is 59.4 Å². The SMILES string of the molecule is [2H]c1c([2H])c(N(c2ccccc2)c2cccc3oc4c5ccccc5ccc4c23)c([2H])c([2H])c1-c1cccc2c1oc1ccccc12. The Kier molecular flexibility index (Phi) is 4.39. The molecular formula is C40H25NO2. The Morgan fingerprint density at radius 1 is 0.465 bits per heavy atom. The van der Waals surface area contributed by atoms with Gasteiger partial charge in [-0.15, -0.1) is 0 Å². The van der Waals surface area contributed by atoms with Crippen LogP contribution in [0, 0.1) is 0 Å². The van der Waals surface area contributed by atoms with E-state index in [0.29, 0.717) is 33.7 Å². The van der Waals surface area contributed by atoms with Gasteiger partial charge in [-0.1, -0.05) is 103 Å². The molecule has 0 fully saturated rings. The minimum absolute atomic E-state index is 0.148. The van der Waals surface area contributed by atoms with E-state index in [4.69, 9.17) is 8.83 Å². The Balaban J connectivity index is 1.33. The standard InChI is InChI=1S/C40H25NO2/c1-2-11-28(12-3-1)41(35-17-9-19-37-38(35)34-25-22-26-10-4-5-13-30(26)40(34)43-37)29-23-20-27(21-24-29)31-15-8-16-33-32-14-6-7-18-36(32)42-39(31)33/h1-25H/i20D,21D,23D,24D. The number of fused-ring (bicyclic) bond motifs is 8. The second-order valence-corrected chi connectivity index (χ2v) is 10.6. The molecule has 0 aliphatic rings. The van der Waals surface area contributed by atoms with E-state index < -0.39 is 0 Å². The highest BCUT2D eigenvalue weighted by Gasteiger charge is 2.20. The molecule has 0 unspecified atom stereocenters. The van der Waals surface area contributed by atoms with E-state index in [1.54, 1.807) is 6.07 Å². The van der Waals surface area contributed by atoms with Gasteiger partial charge in [0.1, 0.15) is 22.3 Å². The lowest BCUT2D eigenvalue weighted by molar-refractivity contribution is 0.670. The number of nitrogens with zero attached hydrogens (tertiary/aromatic N) is 1. The highest BCUT2D eigenvalue weighted by atomic mass is 16.3. The molecule has 9 rings (SSSR count). The van der Waals surface area contributed by atoms with E-state index in [1.807, 2.05) is 114 Å². The molecule has 2 aromatic heterocycles. The molecule has 0 aliphatic heterocycles. The number of hydrogen-bond donors (Lipinski definition) is 0. The van der Waals surface area contributed by atoms with Crippen LogP contribution in [0.15, 0.2) is 160 Å². The number of rotatable bonds is 4. The van der Waals surface area contributed by atoms with Crippen molar-refractivity contribution < 1.29 is 14.3 Å². The van der Waals surface area contributed by atoms with Crippen LogP contribution in [-0.4, -0.2) is 0 Å². The average Bonchev–Trinajstić information content (AvgIpc) is 3.69. The third kappa shape index (κ3) is 3.68. The summed E-state index contributed by atoms with van der Waals surface area (Å²) < 4.78 is 50.2. The summed E-state index contributed by atoms with van der Waals surface area (Å²) in [5.74, 6) is 0. The predicted molar refractivity (Wildman–Crippen MR) is 179 cm³/mol. The summed E-state index contributed by atoms with van der Waals surface area (Å²) in [7, 11) is 0. The van der Waals surface area contributed by atoms with Gasteiger partial charge in [-0.3, -0.25) is 0 Å². The quantitative estimate of drug-likeness (QED) is 0.216. The van der Waals surface area contributed by atoms with Gasteiger partial charge in [0.2, 0.25) is 0 Å². The van der Waals surface area contributed by atoms with Crippen molar-refractivity contribution in [2.24, 2.45) is 0 Å². The largest absolute Gasteiger partial charge is 0.455 e. The predicted octanol–water partition coefficient (Wildman–Crippen LogP) is 11.8. The molecule has 0 amide bonds. The molecule has 0 atom stereocenters. The van der Waals surface area contributed by atoms with Gasteiger partial charge in [0.05, 0.1) is 16.6 Å². The van der Waals surface area contributed by atoms with Crippen LogP contribution in [0.5, 0.6) is 0 Å². The van der Waals surface area contributed by atoms with Crippen LogP contribution in [0.3, 0.4) is 0 Å². The van der Waals surface area contributed by atoms with Crippen molar-refractivity contribution in [2.75, 3.05) is 4.90 Å². The fourth-order valence-electron chi connectivity index (χ4n) is 6.18. The summed E-state index contributed by atoms with van der Waals surface area (Å²) in [6, 6.07) is 40.2. The molecule has 202 valence electrons. The van der Waals surface area contributed by atoms with Gasteiger partial charge in [0, 0.05) is 38.5 Å². The maximum absolute atomic E-state index is 9.42. The summed E-state index contributed by atoms with van der Waals surface area (Å²) in [6.45, 7) is 0. The van der Waals surface area contributed by atoms with Crippen molar-refractivity contribution in [3.8, 4) is 11.1 Å². The fourth-order valence-corrected chi connectivity index (χ4v) is 6.18. The maximum atomic E-state index is 9.42. The first kappa shape index (κ1) is 20.1. The lowest BCUT2D eigenvalue weighted by Crippen LogP contribution is -2.10. The number of hydrogen-bond acceptors (Lipinski definition) is 3. The third-order valence-corrected chi connectivity index (χ3v) is 8.13. The fraction of sp³-hybridized carbons (Fsp3) is 0. The first-order valence-corrected chi connectivity index (χ1v) is 14.2. The topological polar surface area (TPSA) is 29.5 Å². The van der Waals surface area contributed by atoms with Gasteiger partial charge in [0.25, 0.3) is 0 Å². The number of benzene rings is 7. The number of anilines is 3. The molecule has 3 nitrogen and oxygen atoms in total. The van der Waals surface area contributed by atoms with Gasteiger partial charge in [0.15, 0.2) is 0 Å². The van der Waals surface area contributed by atoms with Crippen molar-refractivity contribution in [3.05, 3.63) is 152 Å². The first-order valence-electron chi connectivity index (χ1n) is 16.2. The zero-order chi connectivity index (χ0) is 31.8. The molecule has 0 saturated heterocycles. The monoisotopic (exact) mass is 555 g/mol. The summed E-state index contributed by atoms with van der Waals surface area (Å²) in [5.41, 5.74) is 4.90. The Hall–Kier alpha value is -5.80. The molecule has 0 saturated carbocycles. The summed E-state index contributed by atoms with van der Waals surface area (Å²) >= 11 is 0. The van der Waals surface area contributed by atoms with Crippen LogP contribution in [0.2, 0.25) is 0 Å². The summed E-state index contributed by atoms with van der Waals surface area (Å²) in [4.78, 5) is 1.82. The highest BCUT2D eigenvalue weighted by Crippen LogP contribution is 2.44. The van der Waals surface area contributed by atoms with E-state index in [9.17, 15) is 5.48 Å². The van der Waals surface area contributed by atoms with Gasteiger partial charge < -0.3 is 13.7 Å². The minimum Gasteiger partial charge on any atom is -0.455 e. The van der Waals surface area contributed by atoms with Crippen LogP contribution in [0.4, 0.5) is 17.1 Å². The Bertz CT molecular complexity index is 2670. The van der Waals surface area contributed by atoms with Crippen molar-refractivity contribution >= 4 is 71.7 Å². The van der Waals surface area contributed by atoms with E-state index in [1.165, 1.54) is 0 Å². The zero-order valence-corrected chi connectivity index (χ0v) is 22.9. The molecule has 0 spiro atoms. The van der Waals surface area contributed by atoms with Gasteiger partial charge >= 0.3 is 0 Å². The second-order valence-electron chi connectivity index (χ2n) is 10.6. The van der Waals surface area contributed by atoms with Gasteiger partial charge in [-0.2, -0.15) is 0 Å². The smallest absolute Gasteiger partial charge is 0.143 e. The lowest BCUT2D eigenvalue weighted by atomic mass is 10.0. The van der Waals surface area contributed by atoms with E-state index in [0.717, 1.165) is 37.9 Å². The molecule has 7 aromatic carbocycles. The van der Waals surface area contributed by atoms with Crippen molar-refractivity contribution in [1.82, 2.24) is 0 Å². The van der Waals surface area contributed by atoms with Crippen LogP contribution < -0.4 is 4.90 Å². The molecular weight excluding hydrogens is 526 g/mol. The Morgan fingerprint density at radius 2 is 1.16 bits per heavy atom. The second kappa shape index (κ2) is 9.37. The minimum atomic E-state index is -0.159. The van der Waals surface area contributed by atoms with Gasteiger partial charge in [-0.25, -0.2) is 0 Å². The molecule has 43 heavy (non-hydrogen) atoms. The van der Waals surface area contributed by atoms with E-state index in [2.05, 4.69) is 12.1 Å².